The molecule has 2 amide bonds. The molecule has 0 unspecified atom stereocenters. The zero-order chi connectivity index (χ0) is 19.9. The molecule has 1 aliphatic heterocycles. The summed E-state index contributed by atoms with van der Waals surface area (Å²) in [6.07, 6.45) is 1.20. The summed E-state index contributed by atoms with van der Waals surface area (Å²) in [4.78, 5) is 28.5. The van der Waals surface area contributed by atoms with Crippen molar-refractivity contribution in [1.82, 2.24) is 9.80 Å². The molecule has 0 N–H and O–H groups in total. The molecular formula is C22H25FN2O3. The van der Waals surface area contributed by atoms with Crippen LogP contribution < -0.4 is 4.74 Å². The van der Waals surface area contributed by atoms with Crippen molar-refractivity contribution in [2.75, 3.05) is 32.8 Å². The lowest BCUT2D eigenvalue weighted by molar-refractivity contribution is -0.133. The molecule has 1 aliphatic rings. The maximum Gasteiger partial charge on any atom is 0.253 e. The van der Waals surface area contributed by atoms with E-state index in [0.717, 1.165) is 6.42 Å². The third-order valence-corrected chi connectivity index (χ3v) is 4.93. The van der Waals surface area contributed by atoms with Crippen LogP contribution in [-0.2, 0) is 11.2 Å². The molecule has 0 atom stereocenters. The zero-order valence-corrected chi connectivity index (χ0v) is 16.1. The van der Waals surface area contributed by atoms with Gasteiger partial charge in [-0.25, -0.2) is 4.39 Å². The minimum Gasteiger partial charge on any atom is -0.493 e. The molecule has 1 saturated heterocycles. The highest BCUT2D eigenvalue weighted by Gasteiger charge is 2.24. The van der Waals surface area contributed by atoms with E-state index in [-0.39, 0.29) is 30.7 Å². The Morgan fingerprint density at radius 3 is 2.14 bits per heavy atom. The van der Waals surface area contributed by atoms with Crippen LogP contribution in [0.5, 0.6) is 5.75 Å². The third kappa shape index (κ3) is 5.09. The lowest BCUT2D eigenvalue weighted by atomic mass is 10.1. The van der Waals surface area contributed by atoms with Gasteiger partial charge in [-0.3, -0.25) is 9.59 Å². The summed E-state index contributed by atoms with van der Waals surface area (Å²) in [6.45, 7) is 4.42. The molecule has 28 heavy (non-hydrogen) atoms. The van der Waals surface area contributed by atoms with Gasteiger partial charge in [-0.15, -0.1) is 0 Å². The minimum absolute atomic E-state index is 0.00140. The summed E-state index contributed by atoms with van der Waals surface area (Å²) in [5.41, 5.74) is 1.89. The monoisotopic (exact) mass is 384 g/mol. The predicted octanol–water partition coefficient (Wildman–Crippen LogP) is 3.14. The van der Waals surface area contributed by atoms with Crippen molar-refractivity contribution in [2.45, 2.75) is 19.8 Å². The van der Waals surface area contributed by atoms with Crippen molar-refractivity contribution in [3.05, 3.63) is 65.5 Å². The highest BCUT2D eigenvalue weighted by molar-refractivity contribution is 5.94. The average molecular weight is 384 g/mol. The number of ether oxygens (including phenoxy) is 1. The molecule has 0 saturated carbocycles. The van der Waals surface area contributed by atoms with E-state index in [1.54, 1.807) is 9.80 Å². The Morgan fingerprint density at radius 1 is 0.929 bits per heavy atom. The molecule has 148 valence electrons. The first-order valence-corrected chi connectivity index (χ1v) is 9.61. The van der Waals surface area contributed by atoms with Crippen LogP contribution in [0.4, 0.5) is 4.39 Å². The van der Waals surface area contributed by atoms with Crippen LogP contribution in [0.25, 0.3) is 0 Å². The number of hydrogen-bond acceptors (Lipinski definition) is 3. The fraction of sp³-hybridized carbons (Fsp3) is 0.364. The van der Waals surface area contributed by atoms with Gasteiger partial charge in [0.15, 0.2) is 0 Å². The van der Waals surface area contributed by atoms with Gasteiger partial charge >= 0.3 is 0 Å². The van der Waals surface area contributed by atoms with Crippen LogP contribution in [-0.4, -0.2) is 54.4 Å². The molecule has 1 fully saturated rings. The van der Waals surface area contributed by atoms with E-state index < -0.39 is 0 Å². The Hall–Kier alpha value is -2.89. The van der Waals surface area contributed by atoms with Gasteiger partial charge in [-0.1, -0.05) is 19.1 Å². The van der Waals surface area contributed by atoms with Crippen molar-refractivity contribution < 1.29 is 18.7 Å². The van der Waals surface area contributed by atoms with E-state index in [1.807, 2.05) is 24.3 Å². The Bertz CT molecular complexity index is 798. The smallest absolute Gasteiger partial charge is 0.253 e. The van der Waals surface area contributed by atoms with Crippen LogP contribution in [0.15, 0.2) is 48.5 Å². The number of rotatable bonds is 6. The quantitative estimate of drug-likeness (QED) is 0.769. The number of piperazine rings is 1. The Morgan fingerprint density at radius 2 is 1.54 bits per heavy atom. The van der Waals surface area contributed by atoms with Crippen molar-refractivity contribution >= 4 is 11.8 Å². The maximum atomic E-state index is 12.9. The first-order valence-electron chi connectivity index (χ1n) is 9.61. The number of carbonyl (C=O) groups excluding carboxylic acids is 2. The lowest BCUT2D eigenvalue weighted by Crippen LogP contribution is -2.50. The Balaban J connectivity index is 1.43. The van der Waals surface area contributed by atoms with Gasteiger partial charge in [-0.05, 0) is 48.4 Å². The number of amides is 2. The SMILES string of the molecule is CCc1ccc(C(=O)N2CCN(C(=O)CCOc3ccc(F)cc3)CC2)cc1. The highest BCUT2D eigenvalue weighted by atomic mass is 19.1. The minimum atomic E-state index is -0.322. The van der Waals surface area contributed by atoms with Crippen molar-refractivity contribution in [3.8, 4) is 5.75 Å². The average Bonchev–Trinajstić information content (AvgIpc) is 2.74. The summed E-state index contributed by atoms with van der Waals surface area (Å²) in [5.74, 6) is 0.228. The van der Waals surface area contributed by atoms with Gasteiger partial charge in [0.2, 0.25) is 5.91 Å². The van der Waals surface area contributed by atoms with Crippen molar-refractivity contribution in [2.24, 2.45) is 0 Å². The first kappa shape index (κ1) is 19.9. The number of carbonyl (C=O) groups is 2. The van der Waals surface area contributed by atoms with Gasteiger partial charge in [0, 0.05) is 31.7 Å². The molecule has 0 aromatic heterocycles. The van der Waals surface area contributed by atoms with Crippen LogP contribution in [0.3, 0.4) is 0 Å². The summed E-state index contributed by atoms with van der Waals surface area (Å²) < 4.78 is 18.3. The fourth-order valence-electron chi connectivity index (χ4n) is 3.17. The van der Waals surface area contributed by atoms with Crippen molar-refractivity contribution in [1.29, 1.82) is 0 Å². The molecule has 0 aliphatic carbocycles. The predicted molar refractivity (Wildman–Crippen MR) is 105 cm³/mol. The summed E-state index contributed by atoms with van der Waals surface area (Å²) >= 11 is 0. The van der Waals surface area contributed by atoms with Gasteiger partial charge < -0.3 is 14.5 Å². The molecule has 0 bridgehead atoms. The van der Waals surface area contributed by atoms with E-state index in [4.69, 9.17) is 4.74 Å². The molecule has 6 heteroatoms. The second-order valence-corrected chi connectivity index (χ2v) is 6.78. The molecule has 1 heterocycles. The van der Waals surface area contributed by atoms with Gasteiger partial charge in [0.1, 0.15) is 11.6 Å². The number of aryl methyl sites for hydroxylation is 1. The summed E-state index contributed by atoms with van der Waals surface area (Å²) in [5, 5.41) is 0. The topological polar surface area (TPSA) is 49.9 Å². The Labute approximate surface area is 164 Å². The molecule has 0 radical (unpaired) electrons. The largest absolute Gasteiger partial charge is 0.493 e. The highest BCUT2D eigenvalue weighted by Crippen LogP contribution is 2.13. The van der Waals surface area contributed by atoms with E-state index in [2.05, 4.69) is 6.92 Å². The number of halogens is 1. The zero-order valence-electron chi connectivity index (χ0n) is 16.1. The third-order valence-electron chi connectivity index (χ3n) is 4.93. The Kier molecular flexibility index (Phi) is 6.63. The molecule has 2 aromatic rings. The molecule has 3 rings (SSSR count). The second kappa shape index (κ2) is 9.35. The lowest BCUT2D eigenvalue weighted by Gasteiger charge is -2.35. The number of hydrogen-bond donors (Lipinski definition) is 0. The fourth-order valence-corrected chi connectivity index (χ4v) is 3.17. The normalized spacial score (nSPS) is 14.1. The molecule has 0 spiro atoms. The molecule has 5 nitrogen and oxygen atoms in total. The van der Waals surface area contributed by atoms with Crippen LogP contribution in [0.2, 0.25) is 0 Å². The van der Waals surface area contributed by atoms with Crippen LogP contribution in [0.1, 0.15) is 29.3 Å². The number of nitrogens with zero attached hydrogens (tertiary/aromatic N) is 2. The van der Waals surface area contributed by atoms with E-state index in [9.17, 15) is 14.0 Å². The molecular weight excluding hydrogens is 359 g/mol. The van der Waals surface area contributed by atoms with Gasteiger partial charge in [-0.2, -0.15) is 0 Å². The van der Waals surface area contributed by atoms with Crippen LogP contribution in [0, 0.1) is 5.82 Å². The van der Waals surface area contributed by atoms with Crippen LogP contribution >= 0.6 is 0 Å². The van der Waals surface area contributed by atoms with E-state index >= 15 is 0 Å². The van der Waals surface area contributed by atoms with Crippen molar-refractivity contribution in [3.63, 3.8) is 0 Å². The van der Waals surface area contributed by atoms with Gasteiger partial charge in [0.05, 0.1) is 13.0 Å². The number of benzene rings is 2. The molecule has 2 aromatic carbocycles. The first-order chi connectivity index (χ1) is 13.6. The standard InChI is InChI=1S/C22H25FN2O3/c1-2-17-3-5-18(6-4-17)22(27)25-14-12-24(13-15-25)21(26)11-16-28-20-9-7-19(23)8-10-20/h3-10H,2,11-16H2,1H3. The van der Waals surface area contributed by atoms with E-state index in [1.165, 1.54) is 29.8 Å². The summed E-state index contributed by atoms with van der Waals surface area (Å²) in [7, 11) is 0. The van der Waals surface area contributed by atoms with Gasteiger partial charge in [0.25, 0.3) is 5.91 Å². The summed E-state index contributed by atoms with van der Waals surface area (Å²) in [6, 6.07) is 13.4. The maximum absolute atomic E-state index is 12.9. The van der Waals surface area contributed by atoms with E-state index in [0.29, 0.717) is 37.5 Å². The second-order valence-electron chi connectivity index (χ2n) is 6.78.